The predicted molar refractivity (Wildman–Crippen MR) is 144 cm³/mol. The summed E-state index contributed by atoms with van der Waals surface area (Å²) in [6, 6.07) is 7.44. The van der Waals surface area contributed by atoms with Crippen LogP contribution >= 0.6 is 0 Å². The van der Waals surface area contributed by atoms with Gasteiger partial charge < -0.3 is 30.4 Å². The average Bonchev–Trinajstić information content (AvgIpc) is 3.34. The van der Waals surface area contributed by atoms with E-state index in [4.69, 9.17) is 25.4 Å². The normalized spacial score (nSPS) is 12.3. The molecular formula is C26H27FN8O6. The number of aliphatic hydroxyl groups excluding tert-OH is 1. The molecule has 0 saturated carbocycles. The van der Waals surface area contributed by atoms with Crippen molar-refractivity contribution in [1.82, 2.24) is 24.7 Å². The largest absolute Gasteiger partial charge is 0.497 e. The van der Waals surface area contributed by atoms with Gasteiger partial charge in [-0.2, -0.15) is 0 Å². The second-order valence-electron chi connectivity index (χ2n) is 8.71. The number of ether oxygens (including phenoxy) is 3. The number of nitrogens with two attached hydrogens (primary N) is 1. The lowest BCUT2D eigenvalue weighted by Crippen LogP contribution is -2.20. The summed E-state index contributed by atoms with van der Waals surface area (Å²) >= 11 is 0. The highest BCUT2D eigenvalue weighted by molar-refractivity contribution is 5.98. The van der Waals surface area contributed by atoms with E-state index in [1.54, 1.807) is 13.0 Å². The lowest BCUT2D eigenvalue weighted by atomic mass is 10.0. The van der Waals surface area contributed by atoms with Crippen LogP contribution in [0.15, 0.2) is 53.6 Å². The van der Waals surface area contributed by atoms with Crippen LogP contribution in [0.25, 0.3) is 5.95 Å². The number of esters is 1. The van der Waals surface area contributed by atoms with Gasteiger partial charge in [0.15, 0.2) is 17.4 Å². The number of aliphatic hydroxyl groups is 1. The number of H-pyrrole nitrogens is 1. The number of aromatic nitrogens is 5. The van der Waals surface area contributed by atoms with E-state index in [-0.39, 0.29) is 58.3 Å². The van der Waals surface area contributed by atoms with Crippen molar-refractivity contribution in [2.24, 2.45) is 5.73 Å². The number of anilines is 1. The Morgan fingerprint density at radius 2 is 1.98 bits per heavy atom. The van der Waals surface area contributed by atoms with Crippen LogP contribution in [0, 0.1) is 11.2 Å². The molecule has 6 N–H and O–H groups in total. The Bertz CT molecular complexity index is 1620. The van der Waals surface area contributed by atoms with Crippen LogP contribution in [0.5, 0.6) is 17.2 Å². The van der Waals surface area contributed by atoms with Gasteiger partial charge in [0.2, 0.25) is 0 Å². The minimum absolute atomic E-state index is 0.0163. The molecular weight excluding hydrogens is 539 g/mol. The first-order valence-electron chi connectivity index (χ1n) is 12.2. The maximum atomic E-state index is 16.0. The summed E-state index contributed by atoms with van der Waals surface area (Å²) in [6.45, 7) is 2.38. The van der Waals surface area contributed by atoms with Crippen LogP contribution in [-0.2, 0) is 4.79 Å². The summed E-state index contributed by atoms with van der Waals surface area (Å²) in [5.41, 5.74) is 5.33. The molecule has 0 saturated heterocycles. The molecule has 2 heterocycles. The third kappa shape index (κ3) is 6.47. The molecule has 1 unspecified atom stereocenters. The molecule has 4 aromatic rings. The fourth-order valence-corrected chi connectivity index (χ4v) is 3.80. The van der Waals surface area contributed by atoms with Gasteiger partial charge in [0.05, 0.1) is 19.3 Å². The van der Waals surface area contributed by atoms with E-state index in [1.165, 1.54) is 56.8 Å². The number of aromatic amines is 1. The Kier molecular flexibility index (Phi) is 8.57. The van der Waals surface area contributed by atoms with Crippen molar-refractivity contribution in [3.63, 3.8) is 0 Å². The van der Waals surface area contributed by atoms with Crippen molar-refractivity contribution in [2.45, 2.75) is 26.0 Å². The first-order chi connectivity index (χ1) is 19.6. The minimum atomic E-state index is -1.19. The molecule has 214 valence electrons. The van der Waals surface area contributed by atoms with Gasteiger partial charge in [0.25, 0.3) is 5.95 Å². The van der Waals surface area contributed by atoms with Crippen LogP contribution in [0.4, 0.5) is 10.1 Å². The van der Waals surface area contributed by atoms with Crippen LogP contribution in [0.1, 0.15) is 36.8 Å². The zero-order chi connectivity index (χ0) is 29.7. The van der Waals surface area contributed by atoms with E-state index in [9.17, 15) is 14.7 Å². The molecule has 2 aromatic carbocycles. The number of benzene rings is 2. The molecule has 0 aliphatic carbocycles. The topological polar surface area (TPSA) is 203 Å². The van der Waals surface area contributed by atoms with Crippen molar-refractivity contribution in [3.05, 3.63) is 82.0 Å². The van der Waals surface area contributed by atoms with E-state index in [1.807, 2.05) is 0 Å². The SMILES string of the molecule is COc1cc(O[C@@H](C)CO)c(F)c(C(Nc2ccc(C(=N)N)c(OC(C)=O)c2)c2nn(-c3ncccn3)c(=O)[nH]2)c1. The summed E-state index contributed by atoms with van der Waals surface area (Å²) in [5.74, 6) is -1.89. The zero-order valence-electron chi connectivity index (χ0n) is 22.2. The summed E-state index contributed by atoms with van der Waals surface area (Å²) in [5, 5.41) is 24.6. The Balaban J connectivity index is 1.89. The molecule has 0 aliphatic rings. The first-order valence-corrected chi connectivity index (χ1v) is 12.2. The Morgan fingerprint density at radius 3 is 2.61 bits per heavy atom. The van der Waals surface area contributed by atoms with E-state index < -0.39 is 29.6 Å². The number of halogens is 1. The Labute approximate surface area is 232 Å². The number of hydrogen-bond donors (Lipinski definition) is 5. The van der Waals surface area contributed by atoms with Crippen LogP contribution < -0.4 is 31.0 Å². The molecule has 0 amide bonds. The number of amidine groups is 1. The molecule has 2 atom stereocenters. The lowest BCUT2D eigenvalue weighted by Gasteiger charge is -2.22. The quantitative estimate of drug-likeness (QED) is 0.0764. The number of rotatable bonds is 11. The van der Waals surface area contributed by atoms with Gasteiger partial charge in [-0.15, -0.1) is 9.78 Å². The molecule has 15 heteroatoms. The molecule has 41 heavy (non-hydrogen) atoms. The van der Waals surface area contributed by atoms with Crippen molar-refractivity contribution in [2.75, 3.05) is 19.0 Å². The number of hydrogen-bond acceptors (Lipinski definition) is 11. The third-order valence-corrected chi connectivity index (χ3v) is 5.66. The molecule has 0 radical (unpaired) electrons. The highest BCUT2D eigenvalue weighted by Gasteiger charge is 2.28. The maximum absolute atomic E-state index is 16.0. The number of carbonyl (C=O) groups excluding carboxylic acids is 1. The Morgan fingerprint density at radius 1 is 1.24 bits per heavy atom. The summed E-state index contributed by atoms with van der Waals surface area (Å²) in [6.07, 6.45) is 2.12. The smallest absolute Gasteiger partial charge is 0.350 e. The summed E-state index contributed by atoms with van der Waals surface area (Å²) < 4.78 is 33.1. The number of methoxy groups -OCH3 is 1. The molecule has 2 aromatic heterocycles. The van der Waals surface area contributed by atoms with Gasteiger partial charge in [-0.3, -0.25) is 15.2 Å². The van der Waals surface area contributed by atoms with Crippen LogP contribution in [-0.4, -0.2) is 61.5 Å². The van der Waals surface area contributed by atoms with E-state index >= 15 is 4.39 Å². The van der Waals surface area contributed by atoms with Crippen LogP contribution in [0.2, 0.25) is 0 Å². The van der Waals surface area contributed by atoms with E-state index in [0.717, 1.165) is 4.68 Å². The number of carbonyl (C=O) groups is 1. The predicted octanol–water partition coefficient (Wildman–Crippen LogP) is 1.67. The third-order valence-electron chi connectivity index (χ3n) is 5.66. The minimum Gasteiger partial charge on any atom is -0.497 e. The summed E-state index contributed by atoms with van der Waals surface area (Å²) in [4.78, 5) is 35.2. The fourth-order valence-electron chi connectivity index (χ4n) is 3.80. The molecule has 0 spiro atoms. The fraction of sp³-hybridized carbons (Fsp3) is 0.231. The number of nitrogens with one attached hydrogen (secondary N) is 3. The van der Waals surface area contributed by atoms with E-state index in [2.05, 4.69) is 25.4 Å². The summed E-state index contributed by atoms with van der Waals surface area (Å²) in [7, 11) is 1.38. The van der Waals surface area contributed by atoms with Crippen molar-refractivity contribution >= 4 is 17.5 Å². The maximum Gasteiger partial charge on any atom is 0.350 e. The zero-order valence-corrected chi connectivity index (χ0v) is 22.2. The first kappa shape index (κ1) is 28.7. The Hall–Kier alpha value is -5.31. The van der Waals surface area contributed by atoms with Gasteiger partial charge in [0.1, 0.15) is 29.5 Å². The molecule has 0 bridgehead atoms. The van der Waals surface area contributed by atoms with Crippen molar-refractivity contribution < 1.29 is 28.5 Å². The van der Waals surface area contributed by atoms with Crippen molar-refractivity contribution in [1.29, 1.82) is 5.41 Å². The standard InChI is InChI=1S/C26H27FN8O6/c1-13(12-36)40-20-11-16(39-3)10-18(21(20)27)22(24-33-26(38)35(34-24)25-30-7-4-8-31-25)32-15-5-6-17(23(28)29)19(9-15)41-14(2)37/h4-11,13,22,32,36H,12H2,1-3H3,(H3,28,29)(H,33,34,38)/t13-,22?/m0/s1. The van der Waals surface area contributed by atoms with Gasteiger partial charge >= 0.3 is 11.7 Å². The molecule has 4 rings (SSSR count). The highest BCUT2D eigenvalue weighted by Crippen LogP contribution is 2.36. The number of nitrogen functional groups attached to an aromatic ring is 1. The van der Waals surface area contributed by atoms with Gasteiger partial charge in [0, 0.05) is 42.7 Å². The molecule has 0 aliphatic heterocycles. The van der Waals surface area contributed by atoms with Crippen molar-refractivity contribution in [3.8, 4) is 23.2 Å². The second-order valence-corrected chi connectivity index (χ2v) is 8.71. The second kappa shape index (κ2) is 12.3. The van der Waals surface area contributed by atoms with E-state index in [0.29, 0.717) is 0 Å². The molecule has 0 fully saturated rings. The van der Waals surface area contributed by atoms with Gasteiger partial charge in [-0.05, 0) is 31.2 Å². The van der Waals surface area contributed by atoms with Gasteiger partial charge in [-0.25, -0.2) is 19.2 Å². The monoisotopic (exact) mass is 566 g/mol. The van der Waals surface area contributed by atoms with Crippen LogP contribution in [0.3, 0.4) is 0 Å². The highest BCUT2D eigenvalue weighted by atomic mass is 19.1. The lowest BCUT2D eigenvalue weighted by molar-refractivity contribution is -0.131. The average molecular weight is 567 g/mol. The number of nitrogens with zero attached hydrogens (tertiary/aromatic N) is 4. The molecule has 14 nitrogen and oxygen atoms in total. The van der Waals surface area contributed by atoms with Gasteiger partial charge in [-0.1, -0.05) is 0 Å².